The third kappa shape index (κ3) is 4.01. The van der Waals surface area contributed by atoms with E-state index in [0.29, 0.717) is 18.3 Å². The molecule has 5 heteroatoms. The summed E-state index contributed by atoms with van der Waals surface area (Å²) in [5.41, 5.74) is 0. The highest BCUT2D eigenvalue weighted by atomic mass is 32.2. The van der Waals surface area contributed by atoms with Crippen molar-refractivity contribution in [3.63, 3.8) is 0 Å². The van der Waals surface area contributed by atoms with Gasteiger partial charge in [-0.3, -0.25) is 4.79 Å². The van der Waals surface area contributed by atoms with Crippen LogP contribution in [0.1, 0.15) is 17.7 Å². The Bertz CT molecular complexity index is 349. The first kappa shape index (κ1) is 12.9. The predicted molar refractivity (Wildman–Crippen MR) is 72.3 cm³/mol. The van der Waals surface area contributed by atoms with E-state index in [0.717, 1.165) is 18.6 Å². The molecule has 3 nitrogen and oxygen atoms in total. The smallest absolute Gasteiger partial charge is 0.232 e. The maximum Gasteiger partial charge on any atom is 0.232 e. The number of aliphatic hydroxyl groups is 1. The number of carbonyl (C=O) groups excluding carboxylic acids is 1. The van der Waals surface area contributed by atoms with Crippen LogP contribution in [0.4, 0.5) is 0 Å². The topological polar surface area (TPSA) is 40.5 Å². The van der Waals surface area contributed by atoms with Crippen LogP contribution >= 0.6 is 23.1 Å². The molecule has 0 bridgehead atoms. The molecule has 0 aliphatic heterocycles. The van der Waals surface area contributed by atoms with Crippen molar-refractivity contribution in [2.45, 2.75) is 24.6 Å². The Labute approximate surface area is 110 Å². The molecule has 94 valence electrons. The van der Waals surface area contributed by atoms with Gasteiger partial charge in [-0.05, 0) is 24.3 Å². The molecule has 0 spiro atoms. The number of rotatable bonds is 7. The maximum atomic E-state index is 11.9. The molecule has 0 unspecified atom stereocenters. The highest BCUT2D eigenvalue weighted by Crippen LogP contribution is 2.27. The first-order valence-corrected chi connectivity index (χ1v) is 7.85. The van der Waals surface area contributed by atoms with Crippen molar-refractivity contribution < 1.29 is 9.90 Å². The average molecular weight is 271 g/mol. The van der Waals surface area contributed by atoms with Gasteiger partial charge in [-0.15, -0.1) is 23.1 Å². The van der Waals surface area contributed by atoms with E-state index >= 15 is 0 Å². The fraction of sp³-hybridized carbons (Fsp3) is 0.583. The van der Waals surface area contributed by atoms with Crippen LogP contribution in [0.25, 0.3) is 0 Å². The summed E-state index contributed by atoms with van der Waals surface area (Å²) in [5, 5.41) is 11.0. The molecule has 1 aliphatic carbocycles. The van der Waals surface area contributed by atoms with Gasteiger partial charge in [-0.25, -0.2) is 0 Å². The first-order valence-electron chi connectivity index (χ1n) is 5.81. The van der Waals surface area contributed by atoms with E-state index in [9.17, 15) is 4.79 Å². The van der Waals surface area contributed by atoms with Gasteiger partial charge in [-0.1, -0.05) is 6.07 Å². The van der Waals surface area contributed by atoms with Crippen LogP contribution in [0.5, 0.6) is 0 Å². The summed E-state index contributed by atoms with van der Waals surface area (Å²) in [7, 11) is 0. The average Bonchev–Trinajstić information content (AvgIpc) is 3.03. The van der Waals surface area contributed by atoms with Crippen molar-refractivity contribution in [1.29, 1.82) is 0 Å². The zero-order valence-corrected chi connectivity index (χ0v) is 11.3. The van der Waals surface area contributed by atoms with E-state index in [2.05, 4.69) is 11.4 Å². The number of hydrogen-bond donors (Lipinski definition) is 1. The second-order valence-corrected chi connectivity index (χ2v) is 6.13. The quantitative estimate of drug-likeness (QED) is 0.824. The van der Waals surface area contributed by atoms with Crippen LogP contribution in [0.15, 0.2) is 17.5 Å². The Balaban J connectivity index is 1.71. The molecular weight excluding hydrogens is 254 g/mol. The lowest BCUT2D eigenvalue weighted by Gasteiger charge is -2.20. The lowest BCUT2D eigenvalue weighted by molar-refractivity contribution is -0.129. The highest BCUT2D eigenvalue weighted by molar-refractivity contribution is 7.99. The van der Waals surface area contributed by atoms with Crippen molar-refractivity contribution in [2.24, 2.45) is 0 Å². The number of thioether (sulfide) groups is 1. The largest absolute Gasteiger partial charge is 0.395 e. The van der Waals surface area contributed by atoms with Gasteiger partial charge in [-0.2, -0.15) is 0 Å². The van der Waals surface area contributed by atoms with Gasteiger partial charge >= 0.3 is 0 Å². The maximum absolute atomic E-state index is 11.9. The van der Waals surface area contributed by atoms with Gasteiger partial charge in [0.25, 0.3) is 0 Å². The van der Waals surface area contributed by atoms with Crippen molar-refractivity contribution in [3.05, 3.63) is 22.4 Å². The van der Waals surface area contributed by atoms with Crippen molar-refractivity contribution in [3.8, 4) is 0 Å². The second kappa shape index (κ2) is 6.42. The molecule has 1 N–H and O–H groups in total. The van der Waals surface area contributed by atoms with Crippen molar-refractivity contribution >= 4 is 29.0 Å². The summed E-state index contributed by atoms with van der Waals surface area (Å²) in [5.74, 6) is 1.60. The summed E-state index contributed by atoms with van der Waals surface area (Å²) in [6, 6.07) is 4.52. The fourth-order valence-electron chi connectivity index (χ4n) is 1.72. The standard InChI is InChI=1S/C12H17NO2S2/c14-6-5-13(10-3-4-10)12(15)9-16-8-11-2-1-7-17-11/h1-2,7,10,14H,3-6,8-9H2. The molecule has 0 aromatic carbocycles. The van der Waals surface area contributed by atoms with Crippen LogP contribution in [0.2, 0.25) is 0 Å². The van der Waals surface area contributed by atoms with E-state index in [4.69, 9.17) is 5.11 Å². The molecule has 1 aromatic heterocycles. The Morgan fingerprint density at radius 1 is 1.59 bits per heavy atom. The van der Waals surface area contributed by atoms with Gasteiger partial charge < -0.3 is 10.0 Å². The molecular formula is C12H17NO2S2. The molecule has 2 rings (SSSR count). The number of nitrogens with zero attached hydrogens (tertiary/aromatic N) is 1. The number of aliphatic hydroxyl groups excluding tert-OH is 1. The molecule has 1 heterocycles. The third-order valence-corrected chi connectivity index (χ3v) is 4.72. The second-order valence-electron chi connectivity index (χ2n) is 4.11. The van der Waals surface area contributed by atoms with Crippen molar-refractivity contribution in [2.75, 3.05) is 18.9 Å². The lowest BCUT2D eigenvalue weighted by Crippen LogP contribution is -2.36. The Morgan fingerprint density at radius 2 is 2.41 bits per heavy atom. The monoisotopic (exact) mass is 271 g/mol. The van der Waals surface area contributed by atoms with E-state index in [1.807, 2.05) is 11.0 Å². The summed E-state index contributed by atoms with van der Waals surface area (Å²) >= 11 is 3.38. The number of carbonyl (C=O) groups is 1. The number of thiophene rings is 1. The van der Waals surface area contributed by atoms with E-state index in [1.54, 1.807) is 23.1 Å². The minimum Gasteiger partial charge on any atom is -0.395 e. The van der Waals surface area contributed by atoms with Crippen LogP contribution in [0, 0.1) is 0 Å². The van der Waals surface area contributed by atoms with E-state index in [1.165, 1.54) is 4.88 Å². The molecule has 1 aliphatic rings. The fourth-order valence-corrected chi connectivity index (χ4v) is 3.47. The van der Waals surface area contributed by atoms with Gasteiger partial charge in [0, 0.05) is 23.2 Å². The predicted octanol–water partition coefficient (Wildman–Crippen LogP) is 1.96. The summed E-state index contributed by atoms with van der Waals surface area (Å²) in [6.07, 6.45) is 2.20. The van der Waals surface area contributed by atoms with Gasteiger partial charge in [0.2, 0.25) is 5.91 Å². The molecule has 0 atom stereocenters. The minimum atomic E-state index is 0.0673. The normalized spacial score (nSPS) is 14.9. The van der Waals surface area contributed by atoms with Crippen LogP contribution in [-0.2, 0) is 10.5 Å². The van der Waals surface area contributed by atoms with Crippen LogP contribution in [0.3, 0.4) is 0 Å². The highest BCUT2D eigenvalue weighted by Gasteiger charge is 2.31. The molecule has 1 saturated carbocycles. The molecule has 0 saturated heterocycles. The number of hydrogen-bond acceptors (Lipinski definition) is 4. The summed E-state index contributed by atoms with van der Waals surface area (Å²) in [4.78, 5) is 15.1. The lowest BCUT2D eigenvalue weighted by atomic mass is 10.4. The Kier molecular flexibility index (Phi) is 4.88. The zero-order chi connectivity index (χ0) is 12.1. The van der Waals surface area contributed by atoms with Crippen LogP contribution < -0.4 is 0 Å². The van der Waals surface area contributed by atoms with Crippen LogP contribution in [-0.4, -0.2) is 40.9 Å². The SMILES string of the molecule is O=C(CSCc1cccs1)N(CCO)C1CC1. The van der Waals surface area contributed by atoms with Gasteiger partial charge in [0.1, 0.15) is 0 Å². The minimum absolute atomic E-state index is 0.0673. The van der Waals surface area contributed by atoms with Gasteiger partial charge in [0.05, 0.1) is 12.4 Å². The third-order valence-electron chi connectivity index (χ3n) is 2.70. The Hall–Kier alpha value is -0.520. The molecule has 1 amide bonds. The van der Waals surface area contributed by atoms with E-state index in [-0.39, 0.29) is 12.5 Å². The molecule has 1 fully saturated rings. The van der Waals surface area contributed by atoms with Crippen molar-refractivity contribution in [1.82, 2.24) is 4.90 Å². The summed E-state index contributed by atoms with van der Waals surface area (Å²) < 4.78 is 0. The Morgan fingerprint density at radius 3 is 3.00 bits per heavy atom. The molecule has 17 heavy (non-hydrogen) atoms. The zero-order valence-electron chi connectivity index (χ0n) is 9.67. The molecule has 1 aromatic rings. The van der Waals surface area contributed by atoms with Gasteiger partial charge in [0.15, 0.2) is 0 Å². The molecule has 0 radical (unpaired) electrons. The van der Waals surface area contributed by atoms with E-state index < -0.39 is 0 Å². The first-order chi connectivity index (χ1) is 8.31. The number of amides is 1. The summed E-state index contributed by atoms with van der Waals surface area (Å²) in [6.45, 7) is 0.556.